The standard InChI is InChI=1S/C14H16FNS/c1-3-12(14-5-4-8-17-14)16-13-9-10(2)6-7-11(13)15/h4-9,12,16H,3H2,1-2H3. The van der Waals surface area contributed by atoms with Crippen LogP contribution >= 0.6 is 11.3 Å². The van der Waals surface area contributed by atoms with Crippen LogP contribution in [0, 0.1) is 12.7 Å². The molecule has 0 radical (unpaired) electrons. The number of rotatable bonds is 4. The van der Waals surface area contributed by atoms with E-state index in [1.807, 2.05) is 24.4 Å². The number of thiophene rings is 1. The number of nitrogens with one attached hydrogen (secondary N) is 1. The maximum Gasteiger partial charge on any atom is 0.146 e. The zero-order chi connectivity index (χ0) is 12.3. The third-order valence-corrected chi connectivity index (χ3v) is 3.73. The van der Waals surface area contributed by atoms with Crippen LogP contribution in [0.25, 0.3) is 0 Å². The number of benzene rings is 1. The van der Waals surface area contributed by atoms with Gasteiger partial charge in [-0.2, -0.15) is 0 Å². The van der Waals surface area contributed by atoms with Gasteiger partial charge in [0.2, 0.25) is 0 Å². The van der Waals surface area contributed by atoms with E-state index in [-0.39, 0.29) is 11.9 Å². The summed E-state index contributed by atoms with van der Waals surface area (Å²) in [5, 5.41) is 5.32. The molecule has 90 valence electrons. The third kappa shape index (κ3) is 2.86. The predicted molar refractivity (Wildman–Crippen MR) is 72.1 cm³/mol. The highest BCUT2D eigenvalue weighted by atomic mass is 32.1. The van der Waals surface area contributed by atoms with Crippen LogP contribution in [0.4, 0.5) is 10.1 Å². The van der Waals surface area contributed by atoms with Crippen molar-refractivity contribution in [1.82, 2.24) is 0 Å². The summed E-state index contributed by atoms with van der Waals surface area (Å²) in [5.41, 5.74) is 1.65. The zero-order valence-corrected chi connectivity index (χ0v) is 10.9. The average molecular weight is 249 g/mol. The van der Waals surface area contributed by atoms with Crippen molar-refractivity contribution >= 4 is 17.0 Å². The van der Waals surface area contributed by atoms with Crippen molar-refractivity contribution in [1.29, 1.82) is 0 Å². The van der Waals surface area contributed by atoms with Crippen molar-refractivity contribution in [2.24, 2.45) is 0 Å². The van der Waals surface area contributed by atoms with Gasteiger partial charge in [0.15, 0.2) is 0 Å². The Morgan fingerprint density at radius 3 is 2.82 bits per heavy atom. The molecule has 0 saturated carbocycles. The molecule has 1 atom stereocenters. The van der Waals surface area contributed by atoms with Gasteiger partial charge in [-0.3, -0.25) is 0 Å². The van der Waals surface area contributed by atoms with E-state index in [1.54, 1.807) is 17.4 Å². The highest BCUT2D eigenvalue weighted by molar-refractivity contribution is 7.10. The molecule has 2 aromatic rings. The topological polar surface area (TPSA) is 12.0 Å². The largest absolute Gasteiger partial charge is 0.375 e. The van der Waals surface area contributed by atoms with E-state index in [9.17, 15) is 4.39 Å². The molecule has 0 saturated heterocycles. The van der Waals surface area contributed by atoms with Crippen molar-refractivity contribution in [2.45, 2.75) is 26.3 Å². The minimum atomic E-state index is -0.189. The molecular weight excluding hydrogens is 233 g/mol. The van der Waals surface area contributed by atoms with Gasteiger partial charge in [-0.05, 0) is 42.5 Å². The van der Waals surface area contributed by atoms with Gasteiger partial charge in [-0.1, -0.05) is 19.1 Å². The Labute approximate surface area is 105 Å². The first-order chi connectivity index (χ1) is 8.20. The van der Waals surface area contributed by atoms with Crippen LogP contribution in [-0.4, -0.2) is 0 Å². The maximum absolute atomic E-state index is 13.6. The summed E-state index contributed by atoms with van der Waals surface area (Å²) >= 11 is 1.70. The van der Waals surface area contributed by atoms with E-state index in [1.165, 1.54) is 10.9 Å². The molecule has 1 heterocycles. The molecule has 1 aromatic heterocycles. The molecule has 17 heavy (non-hydrogen) atoms. The first-order valence-electron chi connectivity index (χ1n) is 5.76. The lowest BCUT2D eigenvalue weighted by atomic mass is 10.1. The smallest absolute Gasteiger partial charge is 0.146 e. The van der Waals surface area contributed by atoms with Crippen molar-refractivity contribution < 1.29 is 4.39 Å². The summed E-state index contributed by atoms with van der Waals surface area (Å²) in [4.78, 5) is 1.24. The molecule has 2 rings (SSSR count). The molecule has 1 N–H and O–H groups in total. The number of hydrogen-bond donors (Lipinski definition) is 1. The van der Waals surface area contributed by atoms with E-state index >= 15 is 0 Å². The van der Waals surface area contributed by atoms with Crippen molar-refractivity contribution in [3.05, 3.63) is 52.0 Å². The maximum atomic E-state index is 13.6. The van der Waals surface area contributed by atoms with Gasteiger partial charge in [0.05, 0.1) is 11.7 Å². The molecule has 0 fully saturated rings. The second-order valence-electron chi connectivity index (χ2n) is 4.10. The Bertz CT molecular complexity index is 479. The summed E-state index contributed by atoms with van der Waals surface area (Å²) in [7, 11) is 0. The summed E-state index contributed by atoms with van der Waals surface area (Å²) in [6, 6.07) is 9.44. The molecule has 0 spiro atoms. The molecular formula is C14H16FNS. The Morgan fingerprint density at radius 2 is 2.18 bits per heavy atom. The van der Waals surface area contributed by atoms with Gasteiger partial charge >= 0.3 is 0 Å². The summed E-state index contributed by atoms with van der Waals surface area (Å²) in [6.07, 6.45) is 0.938. The van der Waals surface area contributed by atoms with Crippen LogP contribution in [0.2, 0.25) is 0 Å². The first-order valence-corrected chi connectivity index (χ1v) is 6.64. The van der Waals surface area contributed by atoms with Crippen LogP contribution in [0.15, 0.2) is 35.7 Å². The SMILES string of the molecule is CCC(Nc1cc(C)ccc1F)c1cccs1. The molecule has 1 unspecified atom stereocenters. The van der Waals surface area contributed by atoms with Crippen LogP contribution < -0.4 is 5.32 Å². The Kier molecular flexibility index (Phi) is 3.79. The van der Waals surface area contributed by atoms with Crippen molar-refractivity contribution in [3.63, 3.8) is 0 Å². The van der Waals surface area contributed by atoms with Gasteiger partial charge in [0.1, 0.15) is 5.82 Å². The van der Waals surface area contributed by atoms with E-state index in [0.29, 0.717) is 5.69 Å². The van der Waals surface area contributed by atoms with Crippen LogP contribution in [0.1, 0.15) is 29.8 Å². The lowest BCUT2D eigenvalue weighted by molar-refractivity contribution is 0.624. The Balaban J connectivity index is 2.21. The monoisotopic (exact) mass is 249 g/mol. The van der Waals surface area contributed by atoms with E-state index in [4.69, 9.17) is 0 Å². The summed E-state index contributed by atoms with van der Waals surface area (Å²) in [6.45, 7) is 4.07. The van der Waals surface area contributed by atoms with E-state index < -0.39 is 0 Å². The fourth-order valence-electron chi connectivity index (χ4n) is 1.80. The Hall–Kier alpha value is -1.35. The predicted octanol–water partition coefficient (Wildman–Crippen LogP) is 4.76. The zero-order valence-electron chi connectivity index (χ0n) is 10.0. The lowest BCUT2D eigenvalue weighted by Gasteiger charge is -2.17. The number of halogens is 1. The van der Waals surface area contributed by atoms with Crippen LogP contribution in [0.3, 0.4) is 0 Å². The van der Waals surface area contributed by atoms with Crippen LogP contribution in [-0.2, 0) is 0 Å². The fourth-order valence-corrected chi connectivity index (χ4v) is 2.66. The normalized spacial score (nSPS) is 12.4. The molecule has 1 aromatic carbocycles. The minimum Gasteiger partial charge on any atom is -0.375 e. The number of anilines is 1. The minimum absolute atomic E-state index is 0.186. The van der Waals surface area contributed by atoms with Crippen LogP contribution in [0.5, 0.6) is 0 Å². The third-order valence-electron chi connectivity index (χ3n) is 2.75. The van der Waals surface area contributed by atoms with Gasteiger partial charge in [-0.15, -0.1) is 11.3 Å². The quantitative estimate of drug-likeness (QED) is 0.823. The molecule has 0 aliphatic rings. The average Bonchev–Trinajstić information content (AvgIpc) is 2.84. The molecule has 0 amide bonds. The van der Waals surface area contributed by atoms with Gasteiger partial charge in [0, 0.05) is 4.88 Å². The fraction of sp³-hybridized carbons (Fsp3) is 0.286. The van der Waals surface area contributed by atoms with Gasteiger partial charge in [0.25, 0.3) is 0 Å². The molecule has 0 aliphatic heterocycles. The Morgan fingerprint density at radius 1 is 1.35 bits per heavy atom. The summed E-state index contributed by atoms with van der Waals surface area (Å²) < 4.78 is 13.6. The second kappa shape index (κ2) is 5.32. The van der Waals surface area contributed by atoms with E-state index in [0.717, 1.165) is 12.0 Å². The highest BCUT2D eigenvalue weighted by Crippen LogP contribution is 2.27. The summed E-state index contributed by atoms with van der Waals surface area (Å²) in [5.74, 6) is -0.189. The lowest BCUT2D eigenvalue weighted by Crippen LogP contribution is -2.09. The molecule has 1 nitrogen and oxygen atoms in total. The van der Waals surface area contributed by atoms with E-state index in [2.05, 4.69) is 18.3 Å². The van der Waals surface area contributed by atoms with Crippen molar-refractivity contribution in [3.8, 4) is 0 Å². The number of hydrogen-bond acceptors (Lipinski definition) is 2. The first kappa shape index (κ1) is 12.1. The van der Waals surface area contributed by atoms with Gasteiger partial charge in [-0.25, -0.2) is 4.39 Å². The molecule has 0 aliphatic carbocycles. The molecule has 3 heteroatoms. The molecule has 0 bridgehead atoms. The van der Waals surface area contributed by atoms with Gasteiger partial charge < -0.3 is 5.32 Å². The highest BCUT2D eigenvalue weighted by Gasteiger charge is 2.12. The number of aryl methyl sites for hydroxylation is 1. The van der Waals surface area contributed by atoms with Crippen molar-refractivity contribution in [2.75, 3.05) is 5.32 Å². The second-order valence-corrected chi connectivity index (χ2v) is 5.08.